The molecular weight excluding hydrogens is 327 g/mol. The van der Waals surface area contributed by atoms with E-state index in [4.69, 9.17) is 14.7 Å². The number of rotatable bonds is 3. The maximum Gasteiger partial charge on any atom is 0.235 e. The molecule has 140 valence electrons. The molecule has 0 radical (unpaired) electrons. The van der Waals surface area contributed by atoms with Gasteiger partial charge in [-0.05, 0) is 27.9 Å². The topological polar surface area (TPSA) is 34.5 Å². The fourth-order valence-electron chi connectivity index (χ4n) is 3.29. The predicted molar refractivity (Wildman–Crippen MR) is 110 cm³/mol. The summed E-state index contributed by atoms with van der Waals surface area (Å²) in [7, 11) is -0.214. The van der Waals surface area contributed by atoms with Gasteiger partial charge in [0.15, 0.2) is 0 Å². The smallest absolute Gasteiger partial charge is 0.235 e. The van der Waals surface area contributed by atoms with Gasteiger partial charge in [0.05, 0.1) is 6.04 Å². The van der Waals surface area contributed by atoms with Crippen molar-refractivity contribution in [2.45, 2.75) is 84.8 Å². The molecule has 1 aliphatic heterocycles. The molecule has 2 rings (SSSR count). The van der Waals surface area contributed by atoms with Crippen LogP contribution in [0.5, 0.6) is 0 Å². The summed E-state index contributed by atoms with van der Waals surface area (Å²) in [4.78, 5) is 9.68. The normalized spacial score (nSPS) is 19.1. The van der Waals surface area contributed by atoms with E-state index < -0.39 is 0 Å². The van der Waals surface area contributed by atoms with Gasteiger partial charge in [0.2, 0.25) is 5.90 Å². The summed E-state index contributed by atoms with van der Waals surface area (Å²) in [6.45, 7) is 21.4. The van der Waals surface area contributed by atoms with Gasteiger partial charge in [-0.1, -0.05) is 76.3 Å². The zero-order chi connectivity index (χ0) is 19.0. The van der Waals surface area contributed by atoms with Gasteiger partial charge in [-0.2, -0.15) is 0 Å². The molecule has 2 heterocycles. The van der Waals surface area contributed by atoms with E-state index in [1.165, 1.54) is 0 Å². The molecular formula is C21H35N2OP. The maximum atomic E-state index is 5.87. The number of ether oxygens (including phenoxy) is 1. The summed E-state index contributed by atoms with van der Waals surface area (Å²) in [5.74, 6) is 0.706. The van der Waals surface area contributed by atoms with Gasteiger partial charge in [-0.25, -0.2) is 9.98 Å². The molecule has 1 aromatic heterocycles. The summed E-state index contributed by atoms with van der Waals surface area (Å²) < 4.78 is 5.87. The maximum absolute atomic E-state index is 5.87. The van der Waals surface area contributed by atoms with Crippen LogP contribution in [-0.4, -0.2) is 33.8 Å². The lowest BCUT2D eigenvalue weighted by Gasteiger charge is -2.41. The summed E-state index contributed by atoms with van der Waals surface area (Å²) in [5.41, 5.74) is 2.15. The molecule has 0 aliphatic carbocycles. The molecule has 4 heteroatoms. The van der Waals surface area contributed by atoms with Crippen LogP contribution in [0, 0.1) is 5.41 Å². The van der Waals surface area contributed by atoms with Crippen LogP contribution in [0.1, 0.15) is 73.7 Å². The number of aromatic nitrogens is 1. The van der Waals surface area contributed by atoms with Crippen molar-refractivity contribution in [3.05, 3.63) is 29.6 Å². The van der Waals surface area contributed by atoms with Crippen LogP contribution in [0.4, 0.5) is 0 Å². The number of nitrogens with zero attached hydrogens (tertiary/aromatic N) is 2. The molecule has 0 amide bonds. The Morgan fingerprint density at radius 3 is 2.08 bits per heavy atom. The van der Waals surface area contributed by atoms with E-state index in [2.05, 4.69) is 74.4 Å². The third-order valence-electron chi connectivity index (χ3n) is 4.62. The van der Waals surface area contributed by atoms with Crippen LogP contribution in [0.15, 0.2) is 23.2 Å². The van der Waals surface area contributed by atoms with Gasteiger partial charge in [0.1, 0.15) is 12.3 Å². The van der Waals surface area contributed by atoms with E-state index in [1.807, 2.05) is 6.07 Å². The molecule has 0 bridgehead atoms. The highest BCUT2D eigenvalue weighted by Gasteiger charge is 2.35. The fraction of sp³-hybridized carbons (Fsp3) is 0.714. The highest BCUT2D eigenvalue weighted by atomic mass is 31.1. The Bertz CT molecular complexity index is 619. The Hall–Kier alpha value is -0.950. The molecule has 0 fully saturated rings. The van der Waals surface area contributed by atoms with E-state index in [9.17, 15) is 0 Å². The first kappa shape index (κ1) is 20.4. The van der Waals surface area contributed by atoms with Crippen molar-refractivity contribution in [1.82, 2.24) is 4.98 Å². The molecule has 0 spiro atoms. The lowest BCUT2D eigenvalue weighted by molar-refractivity contribution is 0.235. The van der Waals surface area contributed by atoms with Crippen molar-refractivity contribution >= 4 is 13.8 Å². The highest BCUT2D eigenvalue weighted by molar-refractivity contribution is 7.60. The average Bonchev–Trinajstić information content (AvgIpc) is 2.92. The van der Waals surface area contributed by atoms with Crippen molar-refractivity contribution < 1.29 is 4.74 Å². The van der Waals surface area contributed by atoms with Crippen LogP contribution in [0.25, 0.3) is 0 Å². The molecule has 1 atom stereocenters. The largest absolute Gasteiger partial charge is 0.474 e. The summed E-state index contributed by atoms with van der Waals surface area (Å²) in [6.07, 6.45) is 1.03. The summed E-state index contributed by atoms with van der Waals surface area (Å²) in [5, 5.41) is 0.591. The molecule has 0 saturated heterocycles. The Labute approximate surface area is 155 Å². The van der Waals surface area contributed by atoms with Crippen molar-refractivity contribution in [1.29, 1.82) is 0 Å². The van der Waals surface area contributed by atoms with Gasteiger partial charge in [0, 0.05) is 11.9 Å². The molecule has 25 heavy (non-hydrogen) atoms. The zero-order valence-corrected chi connectivity index (χ0v) is 18.4. The van der Waals surface area contributed by atoms with Gasteiger partial charge in [-0.15, -0.1) is 0 Å². The van der Waals surface area contributed by atoms with E-state index >= 15 is 0 Å². The first-order chi connectivity index (χ1) is 11.3. The predicted octanol–water partition coefficient (Wildman–Crippen LogP) is 5.85. The third kappa shape index (κ3) is 5.26. The quantitative estimate of drug-likeness (QED) is 0.632. The SMILES string of the molecule is CC(C)(C)C1COC(c2cccc(CP(C(C)(C)C)C(C)(C)C)n2)=N1. The first-order valence-corrected chi connectivity index (χ1v) is 10.8. The highest BCUT2D eigenvalue weighted by Crippen LogP contribution is 2.61. The van der Waals surface area contributed by atoms with Gasteiger partial charge < -0.3 is 4.74 Å². The fourth-order valence-corrected chi connectivity index (χ4v) is 6.75. The Kier molecular flexibility index (Phi) is 5.69. The molecule has 1 aliphatic rings. The van der Waals surface area contributed by atoms with Gasteiger partial charge in [-0.3, -0.25) is 0 Å². The Balaban J connectivity index is 2.25. The van der Waals surface area contributed by atoms with E-state index in [0.717, 1.165) is 17.5 Å². The summed E-state index contributed by atoms with van der Waals surface area (Å²) >= 11 is 0. The lowest BCUT2D eigenvalue weighted by Crippen LogP contribution is -2.26. The van der Waals surface area contributed by atoms with Crippen LogP contribution in [0.2, 0.25) is 0 Å². The molecule has 1 aromatic rings. The monoisotopic (exact) mass is 362 g/mol. The van der Waals surface area contributed by atoms with Crippen molar-refractivity contribution in [3.8, 4) is 0 Å². The summed E-state index contributed by atoms with van der Waals surface area (Å²) in [6, 6.07) is 6.46. The van der Waals surface area contributed by atoms with Gasteiger partial charge >= 0.3 is 0 Å². The number of hydrogen-bond acceptors (Lipinski definition) is 3. The minimum atomic E-state index is -0.214. The van der Waals surface area contributed by atoms with Gasteiger partial charge in [0.25, 0.3) is 0 Å². The third-order valence-corrected chi connectivity index (χ3v) is 8.50. The Morgan fingerprint density at radius 1 is 1.00 bits per heavy atom. The van der Waals surface area contributed by atoms with E-state index in [0.29, 0.717) is 22.8 Å². The minimum Gasteiger partial charge on any atom is -0.474 e. The second-order valence-corrected chi connectivity index (χ2v) is 13.9. The van der Waals surface area contributed by atoms with Crippen LogP contribution in [-0.2, 0) is 10.9 Å². The second-order valence-electron chi connectivity index (χ2n) is 10.1. The van der Waals surface area contributed by atoms with Crippen LogP contribution in [0.3, 0.4) is 0 Å². The molecule has 3 nitrogen and oxygen atoms in total. The molecule has 0 saturated carbocycles. The number of aliphatic imine (C=N–C) groups is 1. The zero-order valence-electron chi connectivity index (χ0n) is 17.5. The lowest BCUT2D eigenvalue weighted by atomic mass is 9.88. The molecule has 0 N–H and O–H groups in total. The standard InChI is InChI=1S/C21H35N2OP/c1-19(2,3)17-13-24-18(23-17)16-12-10-11-15(22-16)14-25(20(4,5)6)21(7,8)9/h10-12,17H,13-14H2,1-9H3. The number of hydrogen-bond donors (Lipinski definition) is 0. The van der Waals surface area contributed by atoms with Crippen molar-refractivity contribution in [3.63, 3.8) is 0 Å². The minimum absolute atomic E-state index is 0.117. The molecule has 1 unspecified atom stereocenters. The molecule has 0 aromatic carbocycles. The Morgan fingerprint density at radius 2 is 1.60 bits per heavy atom. The van der Waals surface area contributed by atoms with Crippen LogP contribution >= 0.6 is 7.92 Å². The average molecular weight is 362 g/mol. The first-order valence-electron chi connectivity index (χ1n) is 9.23. The van der Waals surface area contributed by atoms with E-state index in [1.54, 1.807) is 0 Å². The van der Waals surface area contributed by atoms with Crippen molar-refractivity contribution in [2.75, 3.05) is 6.61 Å². The van der Waals surface area contributed by atoms with Crippen LogP contribution < -0.4 is 0 Å². The number of pyridine rings is 1. The van der Waals surface area contributed by atoms with Crippen molar-refractivity contribution in [2.24, 2.45) is 10.4 Å². The second kappa shape index (κ2) is 6.99. The van der Waals surface area contributed by atoms with E-state index in [-0.39, 0.29) is 19.4 Å².